The van der Waals surface area contributed by atoms with Crippen LogP contribution < -0.4 is 9.62 Å². The maximum absolute atomic E-state index is 12.4. The number of piperidine rings is 1. The van der Waals surface area contributed by atoms with E-state index in [1.54, 1.807) is 41.3 Å². The summed E-state index contributed by atoms with van der Waals surface area (Å²) in [6, 6.07) is 13.5. The fraction of sp³-hybridized carbons (Fsp3) is 0.278. The molecule has 1 aliphatic heterocycles. The number of hydrogen-bond acceptors (Lipinski definition) is 3. The van der Waals surface area contributed by atoms with E-state index in [9.17, 15) is 13.2 Å². The van der Waals surface area contributed by atoms with Gasteiger partial charge in [0.1, 0.15) is 0 Å². The molecule has 0 bridgehead atoms. The van der Waals surface area contributed by atoms with E-state index in [4.69, 9.17) is 11.6 Å². The minimum absolute atomic E-state index is 0.0821. The molecular formula is C18H19ClN2O3S. The highest BCUT2D eigenvalue weighted by Crippen LogP contribution is 2.23. The summed E-state index contributed by atoms with van der Waals surface area (Å²) in [4.78, 5) is 13.8. The molecule has 1 heterocycles. The lowest BCUT2D eigenvalue weighted by molar-refractivity contribution is -0.119. The average molecular weight is 379 g/mol. The number of nitrogens with one attached hydrogen (secondary N) is 1. The van der Waals surface area contributed by atoms with Crippen molar-refractivity contribution >= 4 is 33.2 Å². The number of sulfonamides is 1. The lowest BCUT2D eigenvalue weighted by atomic mass is 10.1. The highest BCUT2D eigenvalue weighted by molar-refractivity contribution is 7.89. The molecule has 1 N–H and O–H groups in total. The summed E-state index contributed by atoms with van der Waals surface area (Å²) >= 11 is 6.05. The van der Waals surface area contributed by atoms with Crippen LogP contribution in [0.3, 0.4) is 0 Å². The van der Waals surface area contributed by atoms with Crippen molar-refractivity contribution in [2.75, 3.05) is 11.4 Å². The van der Waals surface area contributed by atoms with Crippen molar-refractivity contribution in [3.8, 4) is 0 Å². The van der Waals surface area contributed by atoms with Crippen LogP contribution in [0.2, 0.25) is 5.02 Å². The zero-order valence-corrected chi connectivity index (χ0v) is 15.2. The molecule has 1 fully saturated rings. The van der Waals surface area contributed by atoms with E-state index in [1.807, 2.05) is 0 Å². The molecule has 0 atom stereocenters. The molecule has 25 heavy (non-hydrogen) atoms. The SMILES string of the molecule is O=C1CCCCN1c1ccc(S(=O)(=O)NCc2ccccc2Cl)cc1. The number of halogens is 1. The number of carbonyl (C=O) groups is 1. The summed E-state index contributed by atoms with van der Waals surface area (Å²) in [5.41, 5.74) is 1.44. The third-order valence-electron chi connectivity index (χ3n) is 4.19. The molecule has 0 unspecified atom stereocenters. The molecule has 2 aromatic carbocycles. The molecule has 1 amide bonds. The second-order valence-electron chi connectivity index (χ2n) is 5.91. The molecule has 7 heteroatoms. The first-order valence-electron chi connectivity index (χ1n) is 8.11. The summed E-state index contributed by atoms with van der Waals surface area (Å²) in [6.07, 6.45) is 2.42. The molecule has 0 saturated carbocycles. The van der Waals surface area contributed by atoms with Crippen molar-refractivity contribution in [3.05, 3.63) is 59.1 Å². The Bertz CT molecular complexity index is 866. The Morgan fingerprint density at radius 1 is 1.04 bits per heavy atom. The van der Waals surface area contributed by atoms with Crippen LogP contribution in [0.5, 0.6) is 0 Å². The number of hydrogen-bond donors (Lipinski definition) is 1. The lowest BCUT2D eigenvalue weighted by Gasteiger charge is -2.26. The molecule has 0 spiro atoms. The van der Waals surface area contributed by atoms with Crippen LogP contribution in [0.4, 0.5) is 5.69 Å². The molecule has 1 aliphatic rings. The van der Waals surface area contributed by atoms with Crippen LogP contribution in [0.15, 0.2) is 53.4 Å². The molecule has 2 aromatic rings. The lowest BCUT2D eigenvalue weighted by Crippen LogP contribution is -2.35. The van der Waals surface area contributed by atoms with Gasteiger partial charge < -0.3 is 4.90 Å². The smallest absolute Gasteiger partial charge is 0.240 e. The maximum Gasteiger partial charge on any atom is 0.240 e. The first kappa shape index (κ1) is 17.9. The summed E-state index contributed by atoms with van der Waals surface area (Å²) < 4.78 is 27.4. The minimum atomic E-state index is -3.65. The van der Waals surface area contributed by atoms with E-state index in [2.05, 4.69) is 4.72 Å². The standard InChI is InChI=1S/C18H19ClN2O3S/c19-17-6-2-1-5-14(17)13-20-25(23,24)16-10-8-15(9-11-16)21-12-4-3-7-18(21)22/h1-2,5-6,8-11,20H,3-4,7,12-13H2. The fourth-order valence-corrected chi connectivity index (χ4v) is 3.99. The highest BCUT2D eigenvalue weighted by atomic mass is 35.5. The van der Waals surface area contributed by atoms with E-state index in [0.29, 0.717) is 23.6 Å². The van der Waals surface area contributed by atoms with Crippen LogP contribution in [-0.4, -0.2) is 20.9 Å². The Morgan fingerprint density at radius 2 is 1.76 bits per heavy atom. The van der Waals surface area contributed by atoms with E-state index in [0.717, 1.165) is 18.5 Å². The van der Waals surface area contributed by atoms with Gasteiger partial charge in [0.2, 0.25) is 15.9 Å². The van der Waals surface area contributed by atoms with Gasteiger partial charge in [-0.05, 0) is 48.7 Å². The van der Waals surface area contributed by atoms with Gasteiger partial charge in [0, 0.05) is 30.2 Å². The van der Waals surface area contributed by atoms with Gasteiger partial charge in [-0.1, -0.05) is 29.8 Å². The molecule has 1 saturated heterocycles. The molecule has 0 aliphatic carbocycles. The second-order valence-corrected chi connectivity index (χ2v) is 8.09. The number of benzene rings is 2. The molecule has 3 rings (SSSR count). The minimum Gasteiger partial charge on any atom is -0.312 e. The van der Waals surface area contributed by atoms with Crippen LogP contribution in [0.25, 0.3) is 0 Å². The maximum atomic E-state index is 12.4. The number of nitrogens with zero attached hydrogens (tertiary/aromatic N) is 1. The van der Waals surface area contributed by atoms with E-state index in [1.165, 1.54) is 12.1 Å². The van der Waals surface area contributed by atoms with Gasteiger partial charge in [0.05, 0.1) is 4.90 Å². The van der Waals surface area contributed by atoms with Crippen LogP contribution in [0, 0.1) is 0 Å². The Balaban J connectivity index is 1.72. The summed E-state index contributed by atoms with van der Waals surface area (Å²) in [6.45, 7) is 0.796. The largest absolute Gasteiger partial charge is 0.312 e. The first-order chi connectivity index (χ1) is 12.0. The van der Waals surface area contributed by atoms with Crippen molar-refractivity contribution < 1.29 is 13.2 Å². The molecule has 132 valence electrons. The number of carbonyl (C=O) groups excluding carboxylic acids is 1. The van der Waals surface area contributed by atoms with Crippen molar-refractivity contribution in [1.29, 1.82) is 0 Å². The predicted molar refractivity (Wildman–Crippen MR) is 98.1 cm³/mol. The first-order valence-corrected chi connectivity index (χ1v) is 9.97. The molecule has 0 aromatic heterocycles. The highest BCUT2D eigenvalue weighted by Gasteiger charge is 2.20. The predicted octanol–water partition coefficient (Wildman–Crippen LogP) is 3.34. The Kier molecular flexibility index (Phi) is 5.42. The topological polar surface area (TPSA) is 66.5 Å². The molecule has 0 radical (unpaired) electrons. The van der Waals surface area contributed by atoms with E-state index >= 15 is 0 Å². The number of anilines is 1. The normalized spacial score (nSPS) is 15.4. The summed E-state index contributed by atoms with van der Waals surface area (Å²) in [7, 11) is -3.65. The van der Waals surface area contributed by atoms with Gasteiger partial charge >= 0.3 is 0 Å². The van der Waals surface area contributed by atoms with Gasteiger partial charge in [-0.25, -0.2) is 13.1 Å². The van der Waals surface area contributed by atoms with Crippen molar-refractivity contribution in [2.24, 2.45) is 0 Å². The van der Waals surface area contributed by atoms with Crippen molar-refractivity contribution in [2.45, 2.75) is 30.7 Å². The Labute approximate surface area is 152 Å². The van der Waals surface area contributed by atoms with Gasteiger partial charge in [-0.15, -0.1) is 0 Å². The summed E-state index contributed by atoms with van der Waals surface area (Å²) in [5, 5.41) is 0.518. The van der Waals surface area contributed by atoms with Gasteiger partial charge in [0.15, 0.2) is 0 Å². The average Bonchev–Trinajstić information content (AvgIpc) is 2.62. The Hall–Kier alpha value is -1.89. The zero-order valence-electron chi connectivity index (χ0n) is 13.6. The van der Waals surface area contributed by atoms with Crippen LogP contribution in [0.1, 0.15) is 24.8 Å². The third-order valence-corrected chi connectivity index (χ3v) is 5.98. The van der Waals surface area contributed by atoms with Gasteiger partial charge in [0.25, 0.3) is 0 Å². The zero-order chi connectivity index (χ0) is 17.9. The number of rotatable bonds is 5. The van der Waals surface area contributed by atoms with E-state index in [-0.39, 0.29) is 17.3 Å². The van der Waals surface area contributed by atoms with Crippen LogP contribution >= 0.6 is 11.6 Å². The quantitative estimate of drug-likeness (QED) is 0.867. The van der Waals surface area contributed by atoms with Gasteiger partial charge in [-0.2, -0.15) is 0 Å². The number of amides is 1. The third kappa shape index (κ3) is 4.21. The van der Waals surface area contributed by atoms with Crippen LogP contribution in [-0.2, 0) is 21.4 Å². The monoisotopic (exact) mass is 378 g/mol. The molecular weight excluding hydrogens is 360 g/mol. The molecule has 5 nitrogen and oxygen atoms in total. The fourth-order valence-electron chi connectivity index (χ4n) is 2.78. The summed E-state index contributed by atoms with van der Waals surface area (Å²) in [5.74, 6) is 0.0821. The van der Waals surface area contributed by atoms with Crippen molar-refractivity contribution in [3.63, 3.8) is 0 Å². The van der Waals surface area contributed by atoms with Crippen molar-refractivity contribution in [1.82, 2.24) is 4.72 Å². The van der Waals surface area contributed by atoms with Gasteiger partial charge in [-0.3, -0.25) is 4.79 Å². The van der Waals surface area contributed by atoms with E-state index < -0.39 is 10.0 Å². The Morgan fingerprint density at radius 3 is 2.44 bits per heavy atom. The second kappa shape index (κ2) is 7.56.